The molecule has 31 heavy (non-hydrogen) atoms. The van der Waals surface area contributed by atoms with E-state index in [4.69, 9.17) is 4.74 Å². The molecule has 2 saturated carbocycles. The molecule has 0 bridgehead atoms. The fourth-order valence-electron chi connectivity index (χ4n) is 7.19. The minimum absolute atomic E-state index is 0.0797. The van der Waals surface area contributed by atoms with Crippen molar-refractivity contribution in [3.05, 3.63) is 53.6 Å². The van der Waals surface area contributed by atoms with Crippen molar-refractivity contribution < 1.29 is 9.13 Å². The standard InChI is InChI=1S/C25H31FN4O/c1-23-11-20(29-7-9-30(10-8-29)22-27-13-19(26)14-28-22)12-24(23,2)17-25(16-23)21-6-4-3-5-18(21)15-31-25/h3-6,13-14,20H,7-12,15-17H2,1-2H3/t20?,23-,24+,25?. The Morgan fingerprint density at radius 3 is 2.29 bits per heavy atom. The number of hydrogen-bond donors (Lipinski definition) is 0. The van der Waals surface area contributed by atoms with Gasteiger partial charge in [0.1, 0.15) is 0 Å². The first-order chi connectivity index (χ1) is 14.9. The number of fused-ring (bicyclic) bond motifs is 3. The highest BCUT2D eigenvalue weighted by Crippen LogP contribution is 2.70. The van der Waals surface area contributed by atoms with Gasteiger partial charge in [-0.05, 0) is 47.6 Å². The van der Waals surface area contributed by atoms with Gasteiger partial charge in [0.25, 0.3) is 0 Å². The first kappa shape index (κ1) is 19.6. The minimum Gasteiger partial charge on any atom is -0.366 e. The van der Waals surface area contributed by atoms with Gasteiger partial charge in [0.05, 0.1) is 24.6 Å². The number of ether oxygens (including phenoxy) is 1. The second kappa shape index (κ2) is 6.72. The number of aromatic nitrogens is 2. The van der Waals surface area contributed by atoms with Crippen LogP contribution < -0.4 is 4.90 Å². The molecule has 6 heteroatoms. The van der Waals surface area contributed by atoms with Crippen molar-refractivity contribution in [3.8, 4) is 0 Å². The number of hydrogen-bond acceptors (Lipinski definition) is 5. The molecule has 2 unspecified atom stereocenters. The van der Waals surface area contributed by atoms with Gasteiger partial charge in [-0.2, -0.15) is 0 Å². The van der Waals surface area contributed by atoms with E-state index in [0.717, 1.165) is 45.6 Å². The zero-order valence-corrected chi connectivity index (χ0v) is 18.5. The summed E-state index contributed by atoms with van der Waals surface area (Å²) in [7, 11) is 0. The van der Waals surface area contributed by atoms with Crippen molar-refractivity contribution in [2.24, 2.45) is 10.8 Å². The van der Waals surface area contributed by atoms with Gasteiger partial charge in [-0.3, -0.25) is 4.90 Å². The molecule has 4 atom stereocenters. The van der Waals surface area contributed by atoms with Gasteiger partial charge >= 0.3 is 0 Å². The summed E-state index contributed by atoms with van der Waals surface area (Å²) >= 11 is 0. The Labute approximate surface area is 183 Å². The Hall–Kier alpha value is -2.05. The Kier molecular flexibility index (Phi) is 4.26. The van der Waals surface area contributed by atoms with Crippen molar-refractivity contribution in [2.45, 2.75) is 57.8 Å². The molecule has 6 rings (SSSR count). The van der Waals surface area contributed by atoms with Crippen LogP contribution in [0.5, 0.6) is 0 Å². The van der Waals surface area contributed by atoms with Crippen LogP contribution >= 0.6 is 0 Å². The number of benzene rings is 1. The Morgan fingerprint density at radius 1 is 0.968 bits per heavy atom. The molecule has 3 heterocycles. The minimum atomic E-state index is -0.381. The van der Waals surface area contributed by atoms with E-state index < -0.39 is 0 Å². The van der Waals surface area contributed by atoms with E-state index in [2.05, 4.69) is 57.9 Å². The zero-order valence-electron chi connectivity index (χ0n) is 18.5. The van der Waals surface area contributed by atoms with E-state index >= 15 is 0 Å². The predicted octanol–water partition coefficient (Wildman–Crippen LogP) is 4.13. The summed E-state index contributed by atoms with van der Waals surface area (Å²) in [6.07, 6.45) is 7.26. The first-order valence-corrected chi connectivity index (χ1v) is 11.6. The average Bonchev–Trinajstić information content (AvgIpc) is 3.31. The fourth-order valence-corrected chi connectivity index (χ4v) is 7.19. The van der Waals surface area contributed by atoms with E-state index in [-0.39, 0.29) is 11.4 Å². The smallest absolute Gasteiger partial charge is 0.225 e. The summed E-state index contributed by atoms with van der Waals surface area (Å²) in [5.41, 5.74) is 3.34. The van der Waals surface area contributed by atoms with E-state index in [1.807, 2.05) is 0 Å². The van der Waals surface area contributed by atoms with Crippen LogP contribution in [0.25, 0.3) is 0 Å². The quantitative estimate of drug-likeness (QED) is 0.728. The molecule has 4 aliphatic rings. The number of rotatable bonds is 2. The van der Waals surface area contributed by atoms with Gasteiger partial charge in [-0.25, -0.2) is 14.4 Å². The monoisotopic (exact) mass is 422 g/mol. The van der Waals surface area contributed by atoms with E-state index in [1.54, 1.807) is 0 Å². The van der Waals surface area contributed by atoms with Gasteiger partial charge in [0.15, 0.2) is 5.82 Å². The van der Waals surface area contributed by atoms with Crippen molar-refractivity contribution in [1.29, 1.82) is 0 Å². The SMILES string of the molecule is C[C@@]12CC(N3CCN(c4ncc(F)cn4)CC3)C[C@]1(C)CC1(C2)OCc2ccccc21. The van der Waals surface area contributed by atoms with Crippen molar-refractivity contribution in [2.75, 3.05) is 31.1 Å². The molecule has 1 aromatic heterocycles. The van der Waals surface area contributed by atoms with E-state index in [9.17, 15) is 4.39 Å². The highest BCUT2D eigenvalue weighted by molar-refractivity contribution is 5.38. The molecule has 0 N–H and O–H groups in total. The Bertz CT molecular complexity index is 969. The van der Waals surface area contributed by atoms with Gasteiger partial charge in [-0.15, -0.1) is 0 Å². The molecule has 2 aromatic rings. The van der Waals surface area contributed by atoms with Crippen LogP contribution in [-0.2, 0) is 16.9 Å². The van der Waals surface area contributed by atoms with E-state index in [1.165, 1.54) is 36.4 Å². The maximum atomic E-state index is 13.1. The number of nitrogens with zero attached hydrogens (tertiary/aromatic N) is 4. The molecule has 164 valence electrons. The summed E-state index contributed by atoms with van der Waals surface area (Å²) in [6.45, 7) is 9.61. The van der Waals surface area contributed by atoms with Gasteiger partial charge < -0.3 is 9.64 Å². The largest absolute Gasteiger partial charge is 0.366 e. The van der Waals surface area contributed by atoms with Crippen LogP contribution in [0.15, 0.2) is 36.7 Å². The molecule has 0 radical (unpaired) electrons. The van der Waals surface area contributed by atoms with Crippen LogP contribution in [-0.4, -0.2) is 47.1 Å². The predicted molar refractivity (Wildman–Crippen MR) is 117 cm³/mol. The van der Waals surface area contributed by atoms with Crippen LogP contribution in [0.2, 0.25) is 0 Å². The summed E-state index contributed by atoms with van der Waals surface area (Å²) in [4.78, 5) is 13.2. The van der Waals surface area contributed by atoms with Gasteiger partial charge in [0, 0.05) is 32.2 Å². The third kappa shape index (κ3) is 2.94. The van der Waals surface area contributed by atoms with Crippen molar-refractivity contribution in [3.63, 3.8) is 0 Å². The normalized spacial score (nSPS) is 37.4. The fraction of sp³-hybridized carbons (Fsp3) is 0.600. The van der Waals surface area contributed by atoms with Crippen LogP contribution in [0.4, 0.5) is 10.3 Å². The van der Waals surface area contributed by atoms with Gasteiger partial charge in [-0.1, -0.05) is 38.1 Å². The lowest BCUT2D eigenvalue weighted by atomic mass is 9.71. The molecule has 1 aromatic carbocycles. The molecule has 2 aliphatic carbocycles. The molecular weight excluding hydrogens is 391 g/mol. The number of halogens is 1. The van der Waals surface area contributed by atoms with Gasteiger partial charge in [0.2, 0.25) is 5.95 Å². The van der Waals surface area contributed by atoms with Crippen molar-refractivity contribution >= 4 is 5.95 Å². The topological polar surface area (TPSA) is 41.5 Å². The molecule has 1 spiro atoms. The van der Waals surface area contributed by atoms with Crippen LogP contribution in [0, 0.1) is 16.6 Å². The number of piperazine rings is 1. The lowest BCUT2D eigenvalue weighted by Crippen LogP contribution is -2.50. The van der Waals surface area contributed by atoms with Crippen molar-refractivity contribution in [1.82, 2.24) is 14.9 Å². The Morgan fingerprint density at radius 2 is 1.61 bits per heavy atom. The highest BCUT2D eigenvalue weighted by Gasteiger charge is 2.65. The summed E-state index contributed by atoms with van der Waals surface area (Å²) in [5.74, 6) is 0.260. The maximum absolute atomic E-state index is 13.1. The Balaban J connectivity index is 1.15. The second-order valence-electron chi connectivity index (χ2n) is 10.7. The average molecular weight is 423 g/mol. The summed E-state index contributed by atoms with van der Waals surface area (Å²) in [6, 6.07) is 9.45. The summed E-state index contributed by atoms with van der Waals surface area (Å²) in [5, 5.41) is 0. The summed E-state index contributed by atoms with van der Waals surface area (Å²) < 4.78 is 19.7. The van der Waals surface area contributed by atoms with E-state index in [0.29, 0.717) is 22.8 Å². The molecule has 2 aliphatic heterocycles. The maximum Gasteiger partial charge on any atom is 0.225 e. The van der Waals surface area contributed by atoms with Crippen LogP contribution in [0.1, 0.15) is 50.7 Å². The highest BCUT2D eigenvalue weighted by atomic mass is 19.1. The first-order valence-electron chi connectivity index (χ1n) is 11.6. The third-order valence-corrected chi connectivity index (χ3v) is 8.91. The lowest BCUT2D eigenvalue weighted by molar-refractivity contribution is -0.0466. The lowest BCUT2D eigenvalue weighted by Gasteiger charge is -2.39. The molecule has 5 nitrogen and oxygen atoms in total. The molecule has 3 fully saturated rings. The molecule has 1 saturated heterocycles. The third-order valence-electron chi connectivity index (χ3n) is 8.91. The molecule has 0 amide bonds. The number of anilines is 1. The zero-order chi connectivity index (χ0) is 21.3. The van der Waals surface area contributed by atoms with Crippen LogP contribution in [0.3, 0.4) is 0 Å². The molecular formula is C25H31FN4O. The second-order valence-corrected chi connectivity index (χ2v) is 10.7.